The first-order valence-electron chi connectivity index (χ1n) is 6.81. The third-order valence-electron chi connectivity index (χ3n) is 3.77. The fraction of sp³-hybridized carbons (Fsp3) is 0.923. The van der Waals surface area contributed by atoms with Crippen molar-refractivity contribution in [2.75, 3.05) is 20.1 Å². The highest BCUT2D eigenvalue weighted by molar-refractivity contribution is 5.78. The van der Waals surface area contributed by atoms with E-state index < -0.39 is 0 Å². The van der Waals surface area contributed by atoms with Crippen molar-refractivity contribution in [3.05, 3.63) is 0 Å². The number of amides is 1. The van der Waals surface area contributed by atoms with E-state index in [1.807, 2.05) is 11.9 Å². The Morgan fingerprint density at radius 3 is 2.65 bits per heavy atom. The lowest BCUT2D eigenvalue weighted by Crippen LogP contribution is -2.41. The van der Waals surface area contributed by atoms with Gasteiger partial charge in [-0.3, -0.25) is 9.69 Å². The van der Waals surface area contributed by atoms with Crippen LogP contribution in [-0.4, -0.2) is 48.2 Å². The molecule has 0 aromatic rings. The lowest BCUT2D eigenvalue weighted by molar-refractivity contribution is -0.122. The molecule has 2 N–H and O–H groups in total. The van der Waals surface area contributed by atoms with Crippen LogP contribution in [0.25, 0.3) is 0 Å². The van der Waals surface area contributed by atoms with Gasteiger partial charge in [0.25, 0.3) is 0 Å². The average Bonchev–Trinajstić information content (AvgIpc) is 3.05. The Morgan fingerprint density at radius 1 is 1.29 bits per heavy atom. The molecular weight excluding hydrogens is 216 g/mol. The molecule has 0 saturated heterocycles. The van der Waals surface area contributed by atoms with Crippen molar-refractivity contribution in [2.24, 2.45) is 5.92 Å². The Balaban J connectivity index is 1.67. The van der Waals surface area contributed by atoms with Gasteiger partial charge in [0.2, 0.25) is 5.91 Å². The second kappa shape index (κ2) is 5.83. The van der Waals surface area contributed by atoms with Crippen molar-refractivity contribution >= 4 is 5.91 Å². The molecule has 2 unspecified atom stereocenters. The summed E-state index contributed by atoms with van der Waals surface area (Å²) >= 11 is 0. The summed E-state index contributed by atoms with van der Waals surface area (Å²) < 4.78 is 0. The number of nitrogens with zero attached hydrogens (tertiary/aromatic N) is 1. The van der Waals surface area contributed by atoms with E-state index in [1.165, 1.54) is 6.42 Å². The van der Waals surface area contributed by atoms with Gasteiger partial charge < -0.3 is 10.4 Å². The van der Waals surface area contributed by atoms with Crippen LogP contribution in [0.2, 0.25) is 0 Å². The fourth-order valence-corrected chi connectivity index (χ4v) is 2.61. The van der Waals surface area contributed by atoms with Gasteiger partial charge in [-0.1, -0.05) is 12.8 Å². The van der Waals surface area contributed by atoms with Gasteiger partial charge in [-0.05, 0) is 38.6 Å². The van der Waals surface area contributed by atoms with Crippen molar-refractivity contribution in [1.29, 1.82) is 0 Å². The lowest BCUT2D eigenvalue weighted by atomic mass is 9.86. The van der Waals surface area contributed by atoms with Gasteiger partial charge >= 0.3 is 0 Å². The summed E-state index contributed by atoms with van der Waals surface area (Å²) in [6.07, 6.45) is 6.47. The number of carbonyl (C=O) groups is 1. The molecule has 0 aromatic heterocycles. The van der Waals surface area contributed by atoms with Gasteiger partial charge in [-0.2, -0.15) is 0 Å². The minimum atomic E-state index is -0.169. The smallest absolute Gasteiger partial charge is 0.234 e. The highest BCUT2D eigenvalue weighted by atomic mass is 16.3. The van der Waals surface area contributed by atoms with Gasteiger partial charge in [0, 0.05) is 12.6 Å². The topological polar surface area (TPSA) is 52.6 Å². The first kappa shape index (κ1) is 12.8. The van der Waals surface area contributed by atoms with Crippen LogP contribution in [0.3, 0.4) is 0 Å². The molecule has 1 amide bonds. The van der Waals surface area contributed by atoms with Crippen molar-refractivity contribution < 1.29 is 9.90 Å². The van der Waals surface area contributed by atoms with Crippen LogP contribution in [0.4, 0.5) is 0 Å². The van der Waals surface area contributed by atoms with Crippen LogP contribution in [0.15, 0.2) is 0 Å². The second-order valence-electron chi connectivity index (χ2n) is 5.65. The molecule has 0 aliphatic heterocycles. The predicted molar refractivity (Wildman–Crippen MR) is 66.6 cm³/mol. The molecule has 2 fully saturated rings. The van der Waals surface area contributed by atoms with Crippen LogP contribution in [0, 0.1) is 5.92 Å². The van der Waals surface area contributed by atoms with Crippen LogP contribution < -0.4 is 5.32 Å². The normalized spacial score (nSPS) is 29.4. The van der Waals surface area contributed by atoms with E-state index in [9.17, 15) is 9.90 Å². The van der Waals surface area contributed by atoms with Crippen molar-refractivity contribution in [1.82, 2.24) is 10.2 Å². The van der Waals surface area contributed by atoms with E-state index in [-0.39, 0.29) is 12.0 Å². The first-order chi connectivity index (χ1) is 8.15. The van der Waals surface area contributed by atoms with Crippen molar-refractivity contribution in [3.63, 3.8) is 0 Å². The SMILES string of the molecule is CN(CC(=O)NC1CC1)CC1CCCCC1O. The average molecular weight is 240 g/mol. The number of carbonyl (C=O) groups excluding carboxylic acids is 1. The molecule has 0 radical (unpaired) electrons. The van der Waals surface area contributed by atoms with Crippen molar-refractivity contribution in [2.45, 2.75) is 50.7 Å². The molecule has 2 rings (SSSR count). The first-order valence-corrected chi connectivity index (χ1v) is 6.81. The van der Waals surface area contributed by atoms with Crippen LogP contribution in [-0.2, 0) is 4.79 Å². The van der Waals surface area contributed by atoms with E-state index in [2.05, 4.69) is 5.32 Å². The third kappa shape index (κ3) is 4.28. The van der Waals surface area contributed by atoms with E-state index in [0.717, 1.165) is 38.6 Å². The monoisotopic (exact) mass is 240 g/mol. The predicted octanol–water partition coefficient (Wildman–Crippen LogP) is 0.748. The van der Waals surface area contributed by atoms with Crippen LogP contribution in [0.5, 0.6) is 0 Å². The van der Waals surface area contributed by atoms with E-state index in [1.54, 1.807) is 0 Å². The van der Waals surface area contributed by atoms with Gasteiger partial charge in [0.05, 0.1) is 12.6 Å². The lowest BCUT2D eigenvalue weighted by Gasteiger charge is -2.30. The van der Waals surface area contributed by atoms with Gasteiger partial charge in [-0.25, -0.2) is 0 Å². The molecule has 98 valence electrons. The summed E-state index contributed by atoms with van der Waals surface area (Å²) in [6.45, 7) is 1.29. The maximum atomic E-state index is 11.6. The number of aliphatic hydroxyl groups is 1. The summed E-state index contributed by atoms with van der Waals surface area (Å²) in [5.74, 6) is 0.475. The Bertz CT molecular complexity index is 266. The second-order valence-corrected chi connectivity index (χ2v) is 5.65. The zero-order chi connectivity index (χ0) is 12.3. The molecule has 4 heteroatoms. The van der Waals surface area contributed by atoms with Crippen molar-refractivity contribution in [3.8, 4) is 0 Å². The zero-order valence-corrected chi connectivity index (χ0v) is 10.7. The van der Waals surface area contributed by atoms with Crippen LogP contribution >= 0.6 is 0 Å². The molecule has 17 heavy (non-hydrogen) atoms. The Morgan fingerprint density at radius 2 is 2.00 bits per heavy atom. The summed E-state index contributed by atoms with van der Waals surface area (Å²) in [7, 11) is 1.97. The van der Waals surface area contributed by atoms with Crippen LogP contribution in [0.1, 0.15) is 38.5 Å². The summed E-state index contributed by atoms with van der Waals surface area (Å²) in [5.41, 5.74) is 0. The fourth-order valence-electron chi connectivity index (χ4n) is 2.61. The molecule has 0 aromatic carbocycles. The van der Waals surface area contributed by atoms with Gasteiger partial charge in [0.15, 0.2) is 0 Å². The van der Waals surface area contributed by atoms with E-state index in [0.29, 0.717) is 18.5 Å². The molecule has 0 bridgehead atoms. The number of rotatable bonds is 5. The highest BCUT2D eigenvalue weighted by Gasteiger charge is 2.26. The minimum Gasteiger partial charge on any atom is -0.393 e. The molecule has 2 aliphatic rings. The molecule has 4 nitrogen and oxygen atoms in total. The molecule has 0 spiro atoms. The molecule has 2 saturated carbocycles. The number of likely N-dealkylation sites (N-methyl/N-ethyl adjacent to an activating group) is 1. The molecule has 2 atom stereocenters. The third-order valence-corrected chi connectivity index (χ3v) is 3.77. The highest BCUT2D eigenvalue weighted by Crippen LogP contribution is 2.24. The Hall–Kier alpha value is -0.610. The summed E-state index contributed by atoms with van der Waals surface area (Å²) in [6, 6.07) is 0.441. The molecule has 2 aliphatic carbocycles. The number of hydrogen-bond donors (Lipinski definition) is 2. The zero-order valence-electron chi connectivity index (χ0n) is 10.7. The largest absolute Gasteiger partial charge is 0.393 e. The maximum absolute atomic E-state index is 11.6. The van der Waals surface area contributed by atoms with Gasteiger partial charge in [0.1, 0.15) is 0 Å². The quantitative estimate of drug-likeness (QED) is 0.745. The molecule has 0 heterocycles. The Labute approximate surface area is 103 Å². The number of hydrogen-bond acceptors (Lipinski definition) is 3. The standard InChI is InChI=1S/C13H24N2O2/c1-15(9-13(17)14-11-6-7-11)8-10-4-2-3-5-12(10)16/h10-12,16H,2-9H2,1H3,(H,14,17). The van der Waals surface area contributed by atoms with E-state index >= 15 is 0 Å². The summed E-state index contributed by atoms with van der Waals surface area (Å²) in [4.78, 5) is 13.7. The van der Waals surface area contributed by atoms with Gasteiger partial charge in [-0.15, -0.1) is 0 Å². The number of nitrogens with one attached hydrogen (secondary N) is 1. The van der Waals surface area contributed by atoms with E-state index in [4.69, 9.17) is 0 Å². The minimum absolute atomic E-state index is 0.125. The maximum Gasteiger partial charge on any atom is 0.234 e. The Kier molecular flexibility index (Phi) is 4.40. The summed E-state index contributed by atoms with van der Waals surface area (Å²) in [5, 5.41) is 12.9. The molecular formula is C13H24N2O2. The number of aliphatic hydroxyl groups excluding tert-OH is 1.